The predicted molar refractivity (Wildman–Crippen MR) is 62.0 cm³/mol. The van der Waals surface area contributed by atoms with Gasteiger partial charge in [-0.05, 0) is 35.9 Å². The molecule has 0 spiro atoms. The molecule has 0 saturated carbocycles. The average Bonchev–Trinajstić information content (AvgIpc) is 2.26. The first-order chi connectivity index (χ1) is 8.31. The van der Waals surface area contributed by atoms with Crippen LogP contribution in [0.4, 0.5) is 13.2 Å². The summed E-state index contributed by atoms with van der Waals surface area (Å²) in [7, 11) is 1.21. The Labute approximate surface area is 106 Å². The Morgan fingerprint density at radius 3 is 2.72 bits per heavy atom. The number of halogens is 3. The number of esters is 1. The quantitative estimate of drug-likeness (QED) is 0.679. The minimum Gasteiger partial charge on any atom is -0.468 e. The molecule has 1 unspecified atom stereocenters. The first-order valence-electron chi connectivity index (χ1n) is 5.00. The Hall–Kier alpha value is -1.21. The number of thioether (sulfide) groups is 1. The number of nitrogens with two attached hydrogens (primary N) is 1. The van der Waals surface area contributed by atoms with E-state index in [2.05, 4.69) is 4.74 Å². The third kappa shape index (κ3) is 4.97. The second-order valence-electron chi connectivity index (χ2n) is 3.53. The molecule has 0 aliphatic carbocycles. The number of hydrogen-bond acceptors (Lipinski definition) is 4. The molecule has 1 atom stereocenters. The second-order valence-corrected chi connectivity index (χ2v) is 4.67. The van der Waals surface area contributed by atoms with Crippen molar-refractivity contribution in [3.05, 3.63) is 29.8 Å². The molecule has 18 heavy (non-hydrogen) atoms. The van der Waals surface area contributed by atoms with Crippen LogP contribution in [0.5, 0.6) is 0 Å². The lowest BCUT2D eigenvalue weighted by Crippen LogP contribution is -2.33. The fraction of sp³-hybridized carbons (Fsp3) is 0.364. The van der Waals surface area contributed by atoms with Crippen molar-refractivity contribution >= 4 is 17.7 Å². The molecule has 0 aliphatic rings. The van der Waals surface area contributed by atoms with Gasteiger partial charge >= 0.3 is 11.5 Å². The molecule has 2 N–H and O–H groups in total. The highest BCUT2D eigenvalue weighted by atomic mass is 32.2. The van der Waals surface area contributed by atoms with Gasteiger partial charge in [-0.15, -0.1) is 0 Å². The number of carbonyl (C=O) groups is 1. The van der Waals surface area contributed by atoms with Crippen LogP contribution in [-0.4, -0.2) is 24.6 Å². The minimum atomic E-state index is -4.33. The predicted octanol–water partition coefficient (Wildman–Crippen LogP) is 2.34. The molecule has 1 rings (SSSR count). The molecule has 0 saturated heterocycles. The van der Waals surface area contributed by atoms with Gasteiger partial charge in [-0.2, -0.15) is 13.2 Å². The lowest BCUT2D eigenvalue weighted by Gasteiger charge is -2.11. The molecule has 100 valence electrons. The van der Waals surface area contributed by atoms with Gasteiger partial charge in [0.05, 0.1) is 7.11 Å². The highest BCUT2D eigenvalue weighted by Gasteiger charge is 2.29. The van der Waals surface area contributed by atoms with E-state index in [0.29, 0.717) is 5.56 Å². The monoisotopic (exact) mass is 279 g/mol. The summed E-state index contributed by atoms with van der Waals surface area (Å²) in [6.07, 6.45) is 0.138. The van der Waals surface area contributed by atoms with Gasteiger partial charge in [0.2, 0.25) is 0 Å². The van der Waals surface area contributed by atoms with Crippen LogP contribution in [0.1, 0.15) is 5.56 Å². The summed E-state index contributed by atoms with van der Waals surface area (Å²) >= 11 is -0.201. The van der Waals surface area contributed by atoms with Crippen molar-refractivity contribution in [1.82, 2.24) is 0 Å². The third-order valence-corrected chi connectivity index (χ3v) is 2.81. The number of rotatable bonds is 4. The molecule has 0 aliphatic heterocycles. The molecule has 7 heteroatoms. The van der Waals surface area contributed by atoms with Crippen LogP contribution in [0.2, 0.25) is 0 Å². The maximum atomic E-state index is 12.2. The Balaban J connectivity index is 2.73. The maximum absolute atomic E-state index is 12.2. The van der Waals surface area contributed by atoms with Crippen molar-refractivity contribution in [2.24, 2.45) is 5.73 Å². The van der Waals surface area contributed by atoms with Crippen molar-refractivity contribution in [3.8, 4) is 0 Å². The lowest BCUT2D eigenvalue weighted by atomic mass is 10.1. The van der Waals surface area contributed by atoms with Gasteiger partial charge in [0.25, 0.3) is 0 Å². The Bertz CT molecular complexity index is 423. The van der Waals surface area contributed by atoms with Gasteiger partial charge in [0.15, 0.2) is 0 Å². The summed E-state index contributed by atoms with van der Waals surface area (Å²) in [5.41, 5.74) is 1.76. The van der Waals surface area contributed by atoms with Crippen molar-refractivity contribution in [1.29, 1.82) is 0 Å². The van der Waals surface area contributed by atoms with Crippen LogP contribution in [0.3, 0.4) is 0 Å². The molecule has 0 heterocycles. The van der Waals surface area contributed by atoms with E-state index < -0.39 is 17.5 Å². The Morgan fingerprint density at radius 1 is 1.50 bits per heavy atom. The number of benzene rings is 1. The van der Waals surface area contributed by atoms with E-state index in [1.165, 1.54) is 25.3 Å². The smallest absolute Gasteiger partial charge is 0.446 e. The second kappa shape index (κ2) is 6.10. The first-order valence-corrected chi connectivity index (χ1v) is 5.81. The zero-order chi connectivity index (χ0) is 13.8. The van der Waals surface area contributed by atoms with Crippen LogP contribution < -0.4 is 5.73 Å². The summed E-state index contributed by atoms with van der Waals surface area (Å²) in [6, 6.07) is 4.95. The van der Waals surface area contributed by atoms with Gasteiger partial charge in [0, 0.05) is 4.90 Å². The average molecular weight is 279 g/mol. The molecule has 0 amide bonds. The van der Waals surface area contributed by atoms with Crippen molar-refractivity contribution in [2.75, 3.05) is 7.11 Å². The number of hydrogen-bond donors (Lipinski definition) is 1. The molecule has 3 nitrogen and oxygen atoms in total. The van der Waals surface area contributed by atoms with E-state index in [0.717, 1.165) is 0 Å². The van der Waals surface area contributed by atoms with E-state index >= 15 is 0 Å². The van der Waals surface area contributed by atoms with Crippen LogP contribution in [-0.2, 0) is 16.0 Å². The van der Waals surface area contributed by atoms with E-state index in [-0.39, 0.29) is 23.1 Å². The van der Waals surface area contributed by atoms with Crippen molar-refractivity contribution in [3.63, 3.8) is 0 Å². The van der Waals surface area contributed by atoms with Crippen LogP contribution >= 0.6 is 11.8 Å². The van der Waals surface area contributed by atoms with Gasteiger partial charge in [0.1, 0.15) is 6.04 Å². The van der Waals surface area contributed by atoms with Crippen molar-refractivity contribution < 1.29 is 22.7 Å². The zero-order valence-corrected chi connectivity index (χ0v) is 10.3. The number of methoxy groups -OCH3 is 1. The molecule has 0 aromatic heterocycles. The summed E-state index contributed by atoms with van der Waals surface area (Å²) < 4.78 is 41.0. The third-order valence-electron chi connectivity index (χ3n) is 2.09. The Morgan fingerprint density at radius 2 is 2.17 bits per heavy atom. The van der Waals surface area contributed by atoms with Gasteiger partial charge < -0.3 is 10.5 Å². The highest BCUT2D eigenvalue weighted by Crippen LogP contribution is 2.36. The number of carbonyl (C=O) groups excluding carboxylic acids is 1. The molecular weight excluding hydrogens is 267 g/mol. The van der Waals surface area contributed by atoms with E-state index in [1.54, 1.807) is 6.07 Å². The first kappa shape index (κ1) is 14.8. The van der Waals surface area contributed by atoms with Gasteiger partial charge in [-0.25, -0.2) is 0 Å². The lowest BCUT2D eigenvalue weighted by molar-refractivity contribution is -0.142. The largest absolute Gasteiger partial charge is 0.468 e. The molecule has 1 aromatic carbocycles. The normalized spacial score (nSPS) is 13.2. The zero-order valence-electron chi connectivity index (χ0n) is 9.53. The summed E-state index contributed by atoms with van der Waals surface area (Å²) in [5, 5.41) is 0. The van der Waals surface area contributed by atoms with E-state index in [1.807, 2.05) is 0 Å². The summed E-state index contributed by atoms with van der Waals surface area (Å²) in [6.45, 7) is 0. The molecule has 1 aromatic rings. The fourth-order valence-electron chi connectivity index (χ4n) is 1.36. The van der Waals surface area contributed by atoms with Crippen LogP contribution in [0.25, 0.3) is 0 Å². The standard InChI is InChI=1S/C11H12F3NO2S/c1-17-10(16)9(15)6-7-3-2-4-8(5-7)18-11(12,13)14/h2-5,9H,6,15H2,1H3. The number of ether oxygens (including phenoxy) is 1. The minimum absolute atomic E-state index is 0.0667. The SMILES string of the molecule is COC(=O)C(N)Cc1cccc(SC(F)(F)F)c1. The van der Waals surface area contributed by atoms with E-state index in [4.69, 9.17) is 5.73 Å². The highest BCUT2D eigenvalue weighted by molar-refractivity contribution is 8.00. The number of alkyl halides is 3. The molecule has 0 bridgehead atoms. The van der Waals surface area contributed by atoms with Crippen LogP contribution in [0.15, 0.2) is 29.2 Å². The van der Waals surface area contributed by atoms with Gasteiger partial charge in [-0.3, -0.25) is 4.79 Å². The molecule has 0 radical (unpaired) electrons. The van der Waals surface area contributed by atoms with Gasteiger partial charge in [-0.1, -0.05) is 12.1 Å². The fourth-order valence-corrected chi connectivity index (χ4v) is 1.98. The van der Waals surface area contributed by atoms with Crippen LogP contribution in [0, 0.1) is 0 Å². The summed E-state index contributed by atoms with van der Waals surface area (Å²) in [4.78, 5) is 11.2. The van der Waals surface area contributed by atoms with Crippen molar-refractivity contribution in [2.45, 2.75) is 22.9 Å². The molecular formula is C11H12F3NO2S. The maximum Gasteiger partial charge on any atom is 0.446 e. The Kier molecular flexibility index (Phi) is 5.03. The topological polar surface area (TPSA) is 52.3 Å². The summed E-state index contributed by atoms with van der Waals surface area (Å²) in [5.74, 6) is -0.594. The molecule has 0 fully saturated rings. The van der Waals surface area contributed by atoms with E-state index in [9.17, 15) is 18.0 Å².